The van der Waals surface area contributed by atoms with E-state index in [1.807, 2.05) is 0 Å². The highest BCUT2D eigenvalue weighted by molar-refractivity contribution is 8.33. The lowest BCUT2D eigenvalue weighted by molar-refractivity contribution is 1.35. The first-order valence-electron chi connectivity index (χ1n) is 3.40. The lowest BCUT2D eigenvalue weighted by atomic mass is 10.9. The van der Waals surface area contributed by atoms with Crippen molar-refractivity contribution in [3.8, 4) is 0 Å². The Morgan fingerprint density at radius 1 is 0.875 bits per heavy atom. The maximum Gasteiger partial charge on any atom is -0.0259 e. The summed E-state index contributed by atoms with van der Waals surface area (Å²) in [5.41, 5.74) is 0. The van der Waals surface area contributed by atoms with Crippen LogP contribution in [0.15, 0.2) is 0 Å². The molecule has 0 fully saturated rings. The van der Waals surface area contributed by atoms with E-state index in [1.54, 1.807) is 0 Å². The van der Waals surface area contributed by atoms with Crippen molar-refractivity contribution in [1.29, 1.82) is 0 Å². The van der Waals surface area contributed by atoms with Gasteiger partial charge in [0.1, 0.15) is 0 Å². The van der Waals surface area contributed by atoms with E-state index in [1.165, 1.54) is 17.3 Å². The molecule has 8 heavy (non-hydrogen) atoms. The number of rotatable bonds is 3. The maximum absolute atomic E-state index is 2.44. The molecule has 0 aliphatic carbocycles. The molecule has 0 amide bonds. The Balaban J connectivity index is 3.58. The molecule has 0 rings (SSSR count). The van der Waals surface area contributed by atoms with Gasteiger partial charge in [-0.3, -0.25) is 0 Å². The van der Waals surface area contributed by atoms with E-state index >= 15 is 0 Å². The molecule has 0 aromatic carbocycles. The van der Waals surface area contributed by atoms with Crippen LogP contribution in [0.3, 0.4) is 0 Å². The van der Waals surface area contributed by atoms with E-state index < -0.39 is 0 Å². The second-order valence-electron chi connectivity index (χ2n) is 2.34. The van der Waals surface area contributed by atoms with Crippen LogP contribution >= 0.6 is 10.0 Å². The minimum Gasteiger partial charge on any atom is -0.245 e. The predicted octanol–water partition coefficient (Wildman–Crippen LogP) is 2.48. The maximum atomic E-state index is 2.44. The van der Waals surface area contributed by atoms with Crippen LogP contribution in [0.1, 0.15) is 20.8 Å². The minimum absolute atomic E-state index is 0.153. The molecule has 0 saturated carbocycles. The lowest BCUT2D eigenvalue weighted by Gasteiger charge is -2.31. The quantitative estimate of drug-likeness (QED) is 0.556. The standard InChI is InChI=1S/C7H18S/c1-5-8(4,6-2)7-3/h5-7H2,1-4H3. The van der Waals surface area contributed by atoms with Crippen molar-refractivity contribution in [3.05, 3.63) is 0 Å². The first-order chi connectivity index (χ1) is 3.68. The first kappa shape index (κ1) is 8.35. The zero-order chi connectivity index (χ0) is 6.62. The van der Waals surface area contributed by atoms with E-state index in [9.17, 15) is 0 Å². The summed E-state index contributed by atoms with van der Waals surface area (Å²) in [5, 5.41) is 0. The van der Waals surface area contributed by atoms with Crippen molar-refractivity contribution in [2.24, 2.45) is 0 Å². The van der Waals surface area contributed by atoms with Gasteiger partial charge < -0.3 is 0 Å². The average molecular weight is 134 g/mol. The fourth-order valence-corrected chi connectivity index (χ4v) is 1.84. The highest BCUT2D eigenvalue weighted by atomic mass is 32.3. The average Bonchev–Trinajstić information content (AvgIpc) is 1.87. The summed E-state index contributed by atoms with van der Waals surface area (Å²) in [6.07, 6.45) is 2.44. The summed E-state index contributed by atoms with van der Waals surface area (Å²) in [4.78, 5) is 0. The molecule has 0 bridgehead atoms. The highest BCUT2D eigenvalue weighted by Crippen LogP contribution is 2.41. The van der Waals surface area contributed by atoms with Gasteiger partial charge in [-0.05, 0) is 23.5 Å². The summed E-state index contributed by atoms with van der Waals surface area (Å²) in [7, 11) is -0.153. The Morgan fingerprint density at radius 2 is 1.12 bits per heavy atom. The molecular formula is C7H18S. The van der Waals surface area contributed by atoms with Gasteiger partial charge >= 0.3 is 0 Å². The Labute approximate surface area is 55.0 Å². The molecule has 0 radical (unpaired) electrons. The van der Waals surface area contributed by atoms with Gasteiger partial charge in [0, 0.05) is 0 Å². The van der Waals surface area contributed by atoms with Crippen LogP contribution in [-0.4, -0.2) is 23.5 Å². The summed E-state index contributed by atoms with van der Waals surface area (Å²) in [5.74, 6) is 4.21. The van der Waals surface area contributed by atoms with Gasteiger partial charge in [-0.15, -0.1) is 0 Å². The van der Waals surface area contributed by atoms with Crippen LogP contribution < -0.4 is 0 Å². The predicted molar refractivity (Wildman–Crippen MR) is 45.1 cm³/mol. The molecule has 0 N–H and O–H groups in total. The Bertz CT molecular complexity index is 47.1. The van der Waals surface area contributed by atoms with Crippen LogP contribution in [0.5, 0.6) is 0 Å². The van der Waals surface area contributed by atoms with Crippen molar-refractivity contribution < 1.29 is 0 Å². The molecule has 0 aliphatic rings. The molecule has 0 aromatic heterocycles. The van der Waals surface area contributed by atoms with Gasteiger partial charge in [-0.1, -0.05) is 20.8 Å². The largest absolute Gasteiger partial charge is 0.245 e. The van der Waals surface area contributed by atoms with Crippen molar-refractivity contribution in [2.45, 2.75) is 20.8 Å². The van der Waals surface area contributed by atoms with E-state index in [0.717, 1.165) is 0 Å². The van der Waals surface area contributed by atoms with Gasteiger partial charge in [0.25, 0.3) is 0 Å². The third-order valence-electron chi connectivity index (χ3n) is 2.09. The second kappa shape index (κ2) is 3.39. The lowest BCUT2D eigenvalue weighted by Crippen LogP contribution is -2.05. The molecule has 0 heterocycles. The number of hydrogen-bond donors (Lipinski definition) is 0. The number of hydrogen-bond acceptors (Lipinski definition) is 0. The van der Waals surface area contributed by atoms with Gasteiger partial charge in [-0.25, -0.2) is 10.0 Å². The molecule has 0 aliphatic heterocycles. The van der Waals surface area contributed by atoms with Crippen LogP contribution in [0.4, 0.5) is 0 Å². The van der Waals surface area contributed by atoms with Gasteiger partial charge in [-0.2, -0.15) is 0 Å². The molecule has 1 heteroatoms. The van der Waals surface area contributed by atoms with Crippen molar-refractivity contribution in [2.75, 3.05) is 23.5 Å². The van der Waals surface area contributed by atoms with Crippen LogP contribution in [0.25, 0.3) is 0 Å². The van der Waals surface area contributed by atoms with E-state index in [2.05, 4.69) is 27.0 Å². The monoisotopic (exact) mass is 134 g/mol. The molecule has 0 spiro atoms. The highest BCUT2D eigenvalue weighted by Gasteiger charge is 2.08. The second-order valence-corrected chi connectivity index (χ2v) is 7.03. The molecule has 0 unspecified atom stereocenters. The third kappa shape index (κ3) is 2.08. The topological polar surface area (TPSA) is 0 Å². The third-order valence-corrected chi connectivity index (χ3v) is 6.27. The minimum atomic E-state index is -0.153. The Kier molecular flexibility index (Phi) is 3.54. The van der Waals surface area contributed by atoms with Crippen LogP contribution in [-0.2, 0) is 0 Å². The molecule has 52 valence electrons. The molecule has 0 nitrogen and oxygen atoms in total. The van der Waals surface area contributed by atoms with E-state index in [-0.39, 0.29) is 10.0 Å². The SMILES string of the molecule is CCS(C)(CC)CC. The summed E-state index contributed by atoms with van der Waals surface area (Å²) >= 11 is 0. The van der Waals surface area contributed by atoms with Crippen LogP contribution in [0, 0.1) is 0 Å². The summed E-state index contributed by atoms with van der Waals surface area (Å²) in [6.45, 7) is 6.92. The first-order valence-corrected chi connectivity index (χ1v) is 5.94. The van der Waals surface area contributed by atoms with Gasteiger partial charge in [0.05, 0.1) is 0 Å². The Morgan fingerprint density at radius 3 is 1.12 bits per heavy atom. The molecule has 0 atom stereocenters. The summed E-state index contributed by atoms with van der Waals surface area (Å²) in [6, 6.07) is 0. The van der Waals surface area contributed by atoms with Crippen molar-refractivity contribution >= 4 is 10.0 Å². The van der Waals surface area contributed by atoms with Gasteiger partial charge in [0.2, 0.25) is 0 Å². The summed E-state index contributed by atoms with van der Waals surface area (Å²) < 4.78 is 0. The zero-order valence-electron chi connectivity index (χ0n) is 6.53. The van der Waals surface area contributed by atoms with Gasteiger partial charge in [0.15, 0.2) is 0 Å². The molecule has 0 saturated heterocycles. The Hall–Kier alpha value is 0.350. The molecule has 0 aromatic rings. The van der Waals surface area contributed by atoms with Crippen LogP contribution in [0.2, 0.25) is 0 Å². The fourth-order valence-electron chi connectivity index (χ4n) is 0.612. The van der Waals surface area contributed by atoms with E-state index in [4.69, 9.17) is 0 Å². The fraction of sp³-hybridized carbons (Fsp3) is 1.00. The van der Waals surface area contributed by atoms with E-state index in [0.29, 0.717) is 0 Å². The van der Waals surface area contributed by atoms with Crippen molar-refractivity contribution in [1.82, 2.24) is 0 Å². The molecular weight excluding hydrogens is 116 g/mol. The smallest absolute Gasteiger partial charge is 0.0259 e. The normalized spacial score (nSPS) is 14.0. The van der Waals surface area contributed by atoms with Crippen molar-refractivity contribution in [3.63, 3.8) is 0 Å². The zero-order valence-corrected chi connectivity index (χ0v) is 7.35.